The molecule has 1 aromatic carbocycles. The number of nitrogens with zero attached hydrogens (tertiary/aromatic N) is 2. The number of aromatic nitrogens is 2. The van der Waals surface area contributed by atoms with Gasteiger partial charge in [-0.1, -0.05) is 74.4 Å². The summed E-state index contributed by atoms with van der Waals surface area (Å²) in [6.45, 7) is 33.7. The van der Waals surface area contributed by atoms with Gasteiger partial charge >= 0.3 is 5.69 Å². The lowest BCUT2D eigenvalue weighted by Gasteiger charge is -2.44. The molecule has 47 heavy (non-hydrogen) atoms. The Kier molecular flexibility index (Phi) is 11.7. The number of benzene rings is 1. The summed E-state index contributed by atoms with van der Waals surface area (Å²) in [5.74, 6) is 0.704. The maximum Gasteiger partial charge on any atom is 0.333 e. The zero-order chi connectivity index (χ0) is 36.0. The standard InChI is InChI=1S/C35H62N2O7Si3/c1-33(2,3)45(11,12)41-24-27-29(43-46(13,14)34(4,5)6)30(44-47(15,16)35(7,8)9)31(42-27)36-22-21-28(38)37(32(36)39)23-25-17-19-26(40-10)20-18-25/h17-22,27,29-31H,23-24H2,1-16H3/t27-,29?,30?,31-/m1/s1. The van der Waals surface area contributed by atoms with E-state index in [1.807, 2.05) is 24.3 Å². The monoisotopic (exact) mass is 706 g/mol. The number of methoxy groups -OCH3 is 1. The van der Waals surface area contributed by atoms with E-state index in [1.165, 1.54) is 15.2 Å². The third-order valence-electron chi connectivity index (χ3n) is 11.0. The minimum Gasteiger partial charge on any atom is -0.497 e. The zero-order valence-corrected chi connectivity index (χ0v) is 34.9. The van der Waals surface area contributed by atoms with E-state index >= 15 is 0 Å². The fourth-order valence-electron chi connectivity index (χ4n) is 4.66. The first-order valence-corrected chi connectivity index (χ1v) is 25.5. The highest BCUT2D eigenvalue weighted by atomic mass is 28.4. The second-order valence-corrected chi connectivity index (χ2v) is 31.9. The van der Waals surface area contributed by atoms with E-state index < -0.39 is 55.2 Å². The molecule has 2 heterocycles. The van der Waals surface area contributed by atoms with Crippen molar-refractivity contribution in [3.63, 3.8) is 0 Å². The Labute approximate surface area is 286 Å². The van der Waals surface area contributed by atoms with Crippen LogP contribution in [0.25, 0.3) is 0 Å². The molecular formula is C35H62N2O7Si3. The van der Waals surface area contributed by atoms with Crippen LogP contribution in [0.1, 0.15) is 74.1 Å². The van der Waals surface area contributed by atoms with Gasteiger partial charge in [-0.2, -0.15) is 0 Å². The minimum atomic E-state index is -2.41. The zero-order valence-electron chi connectivity index (χ0n) is 31.9. The molecule has 2 unspecified atom stereocenters. The average Bonchev–Trinajstić information content (AvgIpc) is 3.23. The molecule has 0 bridgehead atoms. The highest BCUT2D eigenvalue weighted by Crippen LogP contribution is 2.46. The predicted octanol–water partition coefficient (Wildman–Crippen LogP) is 7.77. The molecule has 9 nitrogen and oxygen atoms in total. The molecule has 1 saturated heterocycles. The van der Waals surface area contributed by atoms with Crippen molar-refractivity contribution in [1.82, 2.24) is 9.13 Å². The maximum absolute atomic E-state index is 14.2. The molecule has 0 saturated carbocycles. The van der Waals surface area contributed by atoms with Gasteiger partial charge in [-0.25, -0.2) is 4.79 Å². The van der Waals surface area contributed by atoms with Gasteiger partial charge in [0.15, 0.2) is 31.2 Å². The fraction of sp³-hybridized carbons (Fsp3) is 0.714. The van der Waals surface area contributed by atoms with E-state index in [-0.39, 0.29) is 27.2 Å². The van der Waals surface area contributed by atoms with Gasteiger partial charge in [0, 0.05) is 12.3 Å². The van der Waals surface area contributed by atoms with Crippen LogP contribution < -0.4 is 16.0 Å². The highest BCUT2D eigenvalue weighted by molar-refractivity contribution is 6.75. The molecule has 0 amide bonds. The topological polar surface area (TPSA) is 90.2 Å². The van der Waals surface area contributed by atoms with Gasteiger partial charge in [-0.05, 0) is 72.1 Å². The Morgan fingerprint density at radius 3 is 1.68 bits per heavy atom. The predicted molar refractivity (Wildman–Crippen MR) is 198 cm³/mol. The summed E-state index contributed by atoms with van der Waals surface area (Å²) in [4.78, 5) is 27.4. The Bertz CT molecular complexity index is 1480. The Hall–Kier alpha value is -1.81. The van der Waals surface area contributed by atoms with Gasteiger partial charge in [0.1, 0.15) is 24.1 Å². The minimum absolute atomic E-state index is 0.00568. The molecule has 0 radical (unpaired) electrons. The molecule has 2 aromatic rings. The van der Waals surface area contributed by atoms with Gasteiger partial charge in [0.25, 0.3) is 5.56 Å². The molecule has 4 atom stereocenters. The molecule has 1 aliphatic rings. The molecule has 0 spiro atoms. The van der Waals surface area contributed by atoms with Crippen molar-refractivity contribution in [2.24, 2.45) is 0 Å². The molecule has 0 N–H and O–H groups in total. The summed E-state index contributed by atoms with van der Waals surface area (Å²) in [6, 6.07) is 8.78. The molecular weight excluding hydrogens is 645 g/mol. The lowest BCUT2D eigenvalue weighted by molar-refractivity contribution is -0.0515. The van der Waals surface area contributed by atoms with Crippen LogP contribution >= 0.6 is 0 Å². The lowest BCUT2D eigenvalue weighted by Crippen LogP contribution is -2.55. The molecule has 1 aliphatic heterocycles. The van der Waals surface area contributed by atoms with Gasteiger partial charge in [0.2, 0.25) is 0 Å². The van der Waals surface area contributed by atoms with E-state index in [1.54, 1.807) is 13.3 Å². The third kappa shape index (κ3) is 8.87. The molecule has 1 fully saturated rings. The Morgan fingerprint density at radius 1 is 0.723 bits per heavy atom. The van der Waals surface area contributed by atoms with Gasteiger partial charge in [-0.3, -0.25) is 13.9 Å². The van der Waals surface area contributed by atoms with Crippen molar-refractivity contribution in [1.29, 1.82) is 0 Å². The second-order valence-electron chi connectivity index (χ2n) is 17.6. The highest BCUT2D eigenvalue weighted by Gasteiger charge is 2.55. The SMILES string of the molecule is COc1ccc(Cn2c(=O)ccn([C@@H]3O[C@H](CO[Si](C)(C)C(C)(C)C)C(O[Si](C)(C)C(C)(C)C)C3O[Si](C)(C)C(C)(C)C)c2=O)cc1. The quantitative estimate of drug-likeness (QED) is 0.221. The Balaban J connectivity index is 2.19. The van der Waals surface area contributed by atoms with Gasteiger partial charge < -0.3 is 22.8 Å². The molecule has 266 valence electrons. The van der Waals surface area contributed by atoms with Crippen LogP contribution in [0, 0.1) is 0 Å². The first-order chi connectivity index (χ1) is 21.2. The molecule has 0 aliphatic carbocycles. The first kappa shape index (κ1) is 39.6. The molecule has 12 heteroatoms. The Morgan fingerprint density at radius 2 is 1.21 bits per heavy atom. The van der Waals surface area contributed by atoms with Crippen molar-refractivity contribution >= 4 is 25.0 Å². The normalized spacial score (nSPS) is 21.7. The van der Waals surface area contributed by atoms with E-state index in [2.05, 4.69) is 102 Å². The van der Waals surface area contributed by atoms with Crippen LogP contribution in [-0.4, -0.2) is 66.1 Å². The lowest BCUT2D eigenvalue weighted by atomic mass is 10.1. The largest absolute Gasteiger partial charge is 0.497 e. The summed E-state index contributed by atoms with van der Waals surface area (Å²) in [5.41, 5.74) is -0.0306. The van der Waals surface area contributed by atoms with Crippen molar-refractivity contribution in [2.45, 2.75) is 148 Å². The summed E-state index contributed by atoms with van der Waals surface area (Å²) in [7, 11) is -5.31. The fourth-order valence-corrected chi connectivity index (χ4v) is 8.28. The number of ether oxygens (including phenoxy) is 2. The van der Waals surface area contributed by atoms with Crippen LogP contribution in [0.3, 0.4) is 0 Å². The number of rotatable bonds is 11. The van der Waals surface area contributed by atoms with Crippen LogP contribution in [0.5, 0.6) is 5.75 Å². The maximum atomic E-state index is 14.2. The van der Waals surface area contributed by atoms with E-state index in [0.717, 1.165) is 5.56 Å². The van der Waals surface area contributed by atoms with E-state index in [9.17, 15) is 9.59 Å². The van der Waals surface area contributed by atoms with Crippen molar-refractivity contribution in [3.05, 3.63) is 62.9 Å². The number of hydrogen-bond donors (Lipinski definition) is 0. The molecule has 3 rings (SSSR count). The van der Waals surface area contributed by atoms with Gasteiger partial charge in [0.05, 0.1) is 20.3 Å². The smallest absolute Gasteiger partial charge is 0.333 e. The van der Waals surface area contributed by atoms with Crippen LogP contribution in [0.4, 0.5) is 0 Å². The first-order valence-electron chi connectivity index (χ1n) is 16.8. The van der Waals surface area contributed by atoms with Crippen LogP contribution in [-0.2, 0) is 24.6 Å². The van der Waals surface area contributed by atoms with Crippen molar-refractivity contribution in [2.75, 3.05) is 13.7 Å². The van der Waals surface area contributed by atoms with E-state index in [4.69, 9.17) is 22.8 Å². The summed E-state index contributed by atoms with van der Waals surface area (Å²) >= 11 is 0. The van der Waals surface area contributed by atoms with Crippen molar-refractivity contribution in [3.8, 4) is 5.75 Å². The summed E-state index contributed by atoms with van der Waals surface area (Å²) in [6.07, 6.45) is -0.826. The van der Waals surface area contributed by atoms with E-state index in [0.29, 0.717) is 12.4 Å². The molecule has 1 aromatic heterocycles. The van der Waals surface area contributed by atoms with Crippen molar-refractivity contribution < 1.29 is 22.8 Å². The number of hydrogen-bond acceptors (Lipinski definition) is 7. The third-order valence-corrected chi connectivity index (χ3v) is 24.5. The summed E-state index contributed by atoms with van der Waals surface area (Å²) < 4.78 is 36.1. The second kappa shape index (κ2) is 13.8. The summed E-state index contributed by atoms with van der Waals surface area (Å²) in [5, 5.41) is -0.168. The van der Waals surface area contributed by atoms with Crippen LogP contribution in [0.2, 0.25) is 54.4 Å². The average molecular weight is 707 g/mol. The van der Waals surface area contributed by atoms with Gasteiger partial charge in [-0.15, -0.1) is 0 Å². The van der Waals surface area contributed by atoms with Crippen LogP contribution in [0.15, 0.2) is 46.1 Å².